The summed E-state index contributed by atoms with van der Waals surface area (Å²) in [4.78, 5) is 35.5. The number of hydrogen-bond acceptors (Lipinski definition) is 7. The largest absolute Gasteiger partial charge is 0.480 e. The summed E-state index contributed by atoms with van der Waals surface area (Å²) in [5.74, 6) is -1.18. The Bertz CT molecular complexity index is 666. The molecule has 1 aliphatic heterocycles. The van der Waals surface area contributed by atoms with Crippen LogP contribution >= 0.6 is 0 Å². The van der Waals surface area contributed by atoms with E-state index in [1.54, 1.807) is 0 Å². The molecule has 0 radical (unpaired) electrons. The highest BCUT2D eigenvalue weighted by Crippen LogP contribution is 2.28. The minimum absolute atomic E-state index is 0.232. The molecule has 1 aliphatic rings. The molecule has 0 spiro atoms. The van der Waals surface area contributed by atoms with Gasteiger partial charge in [-0.25, -0.2) is 9.59 Å². The van der Waals surface area contributed by atoms with Gasteiger partial charge in [-0.1, -0.05) is 0 Å². The highest BCUT2D eigenvalue weighted by atomic mass is 16.6. The van der Waals surface area contributed by atoms with E-state index in [-0.39, 0.29) is 12.2 Å². The fourth-order valence-corrected chi connectivity index (χ4v) is 2.13. The molecule has 2 heterocycles. The molecular formula is C12H16N2O8. The van der Waals surface area contributed by atoms with Crippen LogP contribution < -0.4 is 11.2 Å². The van der Waals surface area contributed by atoms with Crippen LogP contribution in [0.2, 0.25) is 0 Å². The summed E-state index contributed by atoms with van der Waals surface area (Å²) in [5, 5.41) is 28.3. The highest BCUT2D eigenvalue weighted by Gasteiger charge is 2.44. The molecule has 0 unspecified atom stereocenters. The number of carboxylic acids is 1. The second-order valence-corrected chi connectivity index (χ2v) is 4.93. The van der Waals surface area contributed by atoms with Crippen molar-refractivity contribution >= 4 is 5.97 Å². The van der Waals surface area contributed by atoms with Crippen LogP contribution in [-0.2, 0) is 14.3 Å². The Morgan fingerprint density at radius 3 is 2.73 bits per heavy atom. The fraction of sp³-hybridized carbons (Fsp3) is 0.583. The number of carboxylic acid groups (broad SMARTS) is 1. The Morgan fingerprint density at radius 1 is 1.41 bits per heavy atom. The number of nitrogens with one attached hydrogen (secondary N) is 1. The van der Waals surface area contributed by atoms with Crippen molar-refractivity contribution in [3.63, 3.8) is 0 Å². The number of carbonyl (C=O) groups is 1. The number of aryl methyl sites for hydroxylation is 1. The van der Waals surface area contributed by atoms with Crippen LogP contribution in [0, 0.1) is 6.92 Å². The maximum absolute atomic E-state index is 11.8. The van der Waals surface area contributed by atoms with Crippen molar-refractivity contribution < 1.29 is 29.6 Å². The van der Waals surface area contributed by atoms with E-state index in [0.29, 0.717) is 0 Å². The van der Waals surface area contributed by atoms with Crippen molar-refractivity contribution in [2.45, 2.75) is 31.5 Å². The number of H-pyrrole nitrogens is 1. The summed E-state index contributed by atoms with van der Waals surface area (Å²) in [6.07, 6.45) is -3.79. The summed E-state index contributed by atoms with van der Waals surface area (Å²) in [6, 6.07) is 0. The predicted octanol–water partition coefficient (Wildman–Crippen LogP) is -2.43. The van der Waals surface area contributed by atoms with Gasteiger partial charge in [0.15, 0.2) is 6.23 Å². The third-order valence-electron chi connectivity index (χ3n) is 3.26. The number of ether oxygens (including phenoxy) is 2. The van der Waals surface area contributed by atoms with Gasteiger partial charge in [-0.3, -0.25) is 14.3 Å². The summed E-state index contributed by atoms with van der Waals surface area (Å²) in [7, 11) is 0. The lowest BCUT2D eigenvalue weighted by molar-refractivity contribution is -0.144. The first-order valence-electron chi connectivity index (χ1n) is 6.44. The van der Waals surface area contributed by atoms with E-state index in [9.17, 15) is 24.6 Å². The van der Waals surface area contributed by atoms with Crippen molar-refractivity contribution in [2.75, 3.05) is 13.2 Å². The first-order chi connectivity index (χ1) is 10.3. The van der Waals surface area contributed by atoms with E-state index in [4.69, 9.17) is 14.6 Å². The van der Waals surface area contributed by atoms with Gasteiger partial charge in [0.1, 0.15) is 24.9 Å². The number of aromatic amines is 1. The first-order valence-corrected chi connectivity index (χ1v) is 6.44. The average Bonchev–Trinajstić information content (AvgIpc) is 2.71. The van der Waals surface area contributed by atoms with E-state index in [2.05, 4.69) is 4.98 Å². The van der Waals surface area contributed by atoms with Crippen LogP contribution in [-0.4, -0.2) is 62.4 Å². The van der Waals surface area contributed by atoms with Gasteiger partial charge in [0.25, 0.3) is 5.56 Å². The molecule has 2 rings (SSSR count). The van der Waals surface area contributed by atoms with Crippen LogP contribution in [0.4, 0.5) is 0 Å². The van der Waals surface area contributed by atoms with Crippen molar-refractivity contribution in [2.24, 2.45) is 0 Å². The van der Waals surface area contributed by atoms with Crippen LogP contribution in [0.3, 0.4) is 0 Å². The lowest BCUT2D eigenvalue weighted by Gasteiger charge is -2.17. The number of nitrogens with zero attached hydrogens (tertiary/aromatic N) is 1. The lowest BCUT2D eigenvalue weighted by Crippen LogP contribution is -2.38. The molecule has 1 fully saturated rings. The number of aromatic nitrogens is 2. The Labute approximate surface area is 123 Å². The molecule has 4 atom stereocenters. The zero-order valence-electron chi connectivity index (χ0n) is 11.6. The molecule has 122 valence electrons. The maximum atomic E-state index is 11.8. The van der Waals surface area contributed by atoms with E-state index in [1.807, 2.05) is 0 Å². The van der Waals surface area contributed by atoms with Crippen LogP contribution in [0.15, 0.2) is 15.8 Å². The number of aliphatic carboxylic acids is 1. The summed E-state index contributed by atoms with van der Waals surface area (Å²) < 4.78 is 11.1. The topological polar surface area (TPSA) is 151 Å². The Hall–Kier alpha value is -2.01. The molecule has 1 saturated heterocycles. The van der Waals surface area contributed by atoms with Gasteiger partial charge in [-0.15, -0.1) is 0 Å². The SMILES string of the molecule is Cc1cn([C@@H]2O[C@H](COCC(=O)O)[C@@H](O)[C@H]2O)c(=O)[nH]c1=O. The monoisotopic (exact) mass is 316 g/mol. The highest BCUT2D eigenvalue weighted by molar-refractivity contribution is 5.67. The summed E-state index contributed by atoms with van der Waals surface area (Å²) >= 11 is 0. The Balaban J connectivity index is 2.16. The molecule has 10 nitrogen and oxygen atoms in total. The second-order valence-electron chi connectivity index (χ2n) is 4.93. The van der Waals surface area contributed by atoms with E-state index in [1.165, 1.54) is 13.1 Å². The molecule has 0 aliphatic carbocycles. The van der Waals surface area contributed by atoms with Crippen molar-refractivity contribution in [1.82, 2.24) is 9.55 Å². The van der Waals surface area contributed by atoms with Gasteiger partial charge in [0.2, 0.25) is 0 Å². The Morgan fingerprint density at radius 2 is 2.09 bits per heavy atom. The number of hydrogen-bond donors (Lipinski definition) is 4. The van der Waals surface area contributed by atoms with E-state index < -0.39 is 48.4 Å². The molecule has 10 heteroatoms. The Kier molecular flexibility index (Phi) is 4.76. The molecule has 0 amide bonds. The van der Waals surface area contributed by atoms with Crippen molar-refractivity contribution in [3.05, 3.63) is 32.6 Å². The first kappa shape index (κ1) is 16.4. The standard InChI is InChI=1S/C12H16N2O8/c1-5-2-14(12(20)13-10(5)19)11-9(18)8(17)6(22-11)3-21-4-7(15)16/h2,6,8-9,11,17-18H,3-4H2,1H3,(H,15,16)(H,13,19,20)/t6-,8-,9-,11-/m1/s1. The second kappa shape index (κ2) is 6.40. The quantitative estimate of drug-likeness (QED) is 0.468. The minimum atomic E-state index is -1.43. The fourth-order valence-electron chi connectivity index (χ4n) is 2.13. The third-order valence-corrected chi connectivity index (χ3v) is 3.26. The van der Waals surface area contributed by atoms with Gasteiger partial charge in [-0.05, 0) is 6.92 Å². The van der Waals surface area contributed by atoms with E-state index >= 15 is 0 Å². The van der Waals surface area contributed by atoms with Crippen LogP contribution in [0.25, 0.3) is 0 Å². The molecule has 4 N–H and O–H groups in total. The molecule has 0 aromatic carbocycles. The van der Waals surface area contributed by atoms with Crippen LogP contribution in [0.1, 0.15) is 11.8 Å². The lowest BCUT2D eigenvalue weighted by atomic mass is 10.1. The normalized spacial score (nSPS) is 28.0. The smallest absolute Gasteiger partial charge is 0.330 e. The predicted molar refractivity (Wildman–Crippen MR) is 70.4 cm³/mol. The number of aliphatic hydroxyl groups excluding tert-OH is 2. The molecule has 1 aromatic rings. The zero-order chi connectivity index (χ0) is 16.4. The zero-order valence-corrected chi connectivity index (χ0v) is 11.6. The van der Waals surface area contributed by atoms with Crippen LogP contribution in [0.5, 0.6) is 0 Å². The van der Waals surface area contributed by atoms with Gasteiger partial charge in [-0.2, -0.15) is 0 Å². The maximum Gasteiger partial charge on any atom is 0.330 e. The molecule has 0 bridgehead atoms. The van der Waals surface area contributed by atoms with Gasteiger partial charge in [0, 0.05) is 11.8 Å². The average molecular weight is 316 g/mol. The van der Waals surface area contributed by atoms with Gasteiger partial charge >= 0.3 is 11.7 Å². The summed E-state index contributed by atoms with van der Waals surface area (Å²) in [6.45, 7) is 0.628. The molecule has 1 aromatic heterocycles. The van der Waals surface area contributed by atoms with Gasteiger partial charge in [0.05, 0.1) is 6.61 Å². The van der Waals surface area contributed by atoms with Crippen molar-refractivity contribution in [3.8, 4) is 0 Å². The number of rotatable bonds is 5. The molecule has 22 heavy (non-hydrogen) atoms. The minimum Gasteiger partial charge on any atom is -0.480 e. The van der Waals surface area contributed by atoms with E-state index in [0.717, 1.165) is 4.57 Å². The number of aliphatic hydroxyl groups is 2. The molecule has 0 saturated carbocycles. The third kappa shape index (κ3) is 3.25. The molecular weight excluding hydrogens is 300 g/mol. The summed E-state index contributed by atoms with van der Waals surface area (Å²) in [5.41, 5.74) is -1.12. The van der Waals surface area contributed by atoms with Gasteiger partial charge < -0.3 is 24.8 Å². The van der Waals surface area contributed by atoms with Crippen molar-refractivity contribution in [1.29, 1.82) is 0 Å².